The lowest BCUT2D eigenvalue weighted by Crippen LogP contribution is -2.36. The molecule has 4 atom stereocenters. The number of para-hydroxylation sites is 1. The highest BCUT2D eigenvalue weighted by Crippen LogP contribution is 2.45. The summed E-state index contributed by atoms with van der Waals surface area (Å²) < 4.78 is 2.02. The molecule has 1 N–H and O–H groups in total. The van der Waals surface area contributed by atoms with E-state index in [-0.39, 0.29) is 12.0 Å². The van der Waals surface area contributed by atoms with Crippen molar-refractivity contribution in [3.63, 3.8) is 0 Å². The lowest BCUT2D eigenvalue weighted by Gasteiger charge is -2.25. The number of hydrogen-bond donors (Lipinski definition) is 1. The first kappa shape index (κ1) is 14.8. The number of nitrogens with zero attached hydrogens (tertiary/aromatic N) is 2. The van der Waals surface area contributed by atoms with Gasteiger partial charge in [-0.3, -0.25) is 4.79 Å². The van der Waals surface area contributed by atoms with Gasteiger partial charge < -0.3 is 14.6 Å². The summed E-state index contributed by atoms with van der Waals surface area (Å²) in [6.07, 6.45) is 5.73. The Morgan fingerprint density at radius 2 is 1.83 bits per heavy atom. The van der Waals surface area contributed by atoms with Gasteiger partial charge in [0, 0.05) is 37.2 Å². The molecule has 2 fully saturated rings. The van der Waals surface area contributed by atoms with Crippen molar-refractivity contribution in [1.29, 1.82) is 0 Å². The van der Waals surface area contributed by atoms with E-state index in [2.05, 4.69) is 0 Å². The first-order chi connectivity index (χ1) is 11.0. The number of aromatic nitrogens is 1. The Kier molecular flexibility index (Phi) is 3.45. The number of carbonyl (C=O) groups excluding carboxylic acids is 1. The number of aliphatic hydroxyl groups is 1. The standard InChI is InChI=1S/C19H24N2O2/c1-20-11-17(16-5-3-4-6-18(16)20)19(23)21(2)14-7-12-9-15(22)10-13(12)8-14/h3-6,11-15,22H,7-10H2,1-2H3/t12-,13+,14?,15?. The van der Waals surface area contributed by atoms with Crippen molar-refractivity contribution in [1.82, 2.24) is 9.47 Å². The summed E-state index contributed by atoms with van der Waals surface area (Å²) in [6, 6.07) is 8.37. The summed E-state index contributed by atoms with van der Waals surface area (Å²) in [7, 11) is 3.92. The van der Waals surface area contributed by atoms with Crippen LogP contribution in [-0.4, -0.2) is 39.7 Å². The second-order valence-corrected chi connectivity index (χ2v) is 7.36. The highest BCUT2D eigenvalue weighted by molar-refractivity contribution is 6.07. The van der Waals surface area contributed by atoms with Crippen molar-refractivity contribution >= 4 is 16.8 Å². The van der Waals surface area contributed by atoms with E-state index in [4.69, 9.17) is 0 Å². The smallest absolute Gasteiger partial charge is 0.256 e. The fourth-order valence-corrected chi connectivity index (χ4v) is 4.74. The van der Waals surface area contributed by atoms with Gasteiger partial charge in [-0.2, -0.15) is 0 Å². The Labute approximate surface area is 136 Å². The number of amides is 1. The van der Waals surface area contributed by atoms with Crippen molar-refractivity contribution < 1.29 is 9.90 Å². The Bertz CT molecular complexity index is 737. The molecule has 2 saturated carbocycles. The highest BCUT2D eigenvalue weighted by atomic mass is 16.3. The SMILES string of the molecule is CN(C(=O)c1cn(C)c2ccccc12)C1C[C@H]2CC(O)C[C@H]2C1. The highest BCUT2D eigenvalue weighted by Gasteiger charge is 2.43. The van der Waals surface area contributed by atoms with Crippen molar-refractivity contribution in [2.45, 2.75) is 37.8 Å². The van der Waals surface area contributed by atoms with Crippen LogP contribution in [0.4, 0.5) is 0 Å². The van der Waals surface area contributed by atoms with Crippen LogP contribution < -0.4 is 0 Å². The monoisotopic (exact) mass is 312 g/mol. The minimum atomic E-state index is -0.120. The van der Waals surface area contributed by atoms with Crippen molar-refractivity contribution in [2.24, 2.45) is 18.9 Å². The van der Waals surface area contributed by atoms with Crippen LogP contribution in [0, 0.1) is 11.8 Å². The van der Waals surface area contributed by atoms with Gasteiger partial charge >= 0.3 is 0 Å². The second-order valence-electron chi connectivity index (χ2n) is 7.36. The summed E-state index contributed by atoms with van der Waals surface area (Å²) in [5.41, 5.74) is 1.89. The second kappa shape index (κ2) is 5.38. The topological polar surface area (TPSA) is 45.5 Å². The average molecular weight is 312 g/mol. The first-order valence-corrected chi connectivity index (χ1v) is 8.54. The van der Waals surface area contributed by atoms with E-state index >= 15 is 0 Å². The molecule has 4 nitrogen and oxygen atoms in total. The van der Waals surface area contributed by atoms with Gasteiger partial charge in [0.1, 0.15) is 0 Å². The Morgan fingerprint density at radius 3 is 2.52 bits per heavy atom. The summed E-state index contributed by atoms with van der Waals surface area (Å²) in [5, 5.41) is 10.8. The Balaban J connectivity index is 1.57. The van der Waals surface area contributed by atoms with E-state index < -0.39 is 0 Å². The third kappa shape index (κ3) is 2.36. The van der Waals surface area contributed by atoms with Crippen LogP contribution in [0.5, 0.6) is 0 Å². The summed E-state index contributed by atoms with van der Waals surface area (Å²) >= 11 is 0. The third-order valence-corrected chi connectivity index (χ3v) is 5.96. The van der Waals surface area contributed by atoms with Gasteiger partial charge in [0.2, 0.25) is 0 Å². The molecule has 2 aliphatic rings. The van der Waals surface area contributed by atoms with E-state index in [1.165, 1.54) is 0 Å². The number of aryl methyl sites for hydroxylation is 1. The largest absolute Gasteiger partial charge is 0.393 e. The van der Waals surface area contributed by atoms with E-state index in [1.807, 2.05) is 54.0 Å². The molecule has 1 amide bonds. The summed E-state index contributed by atoms with van der Waals surface area (Å²) in [4.78, 5) is 14.9. The Hall–Kier alpha value is -1.81. The lowest BCUT2D eigenvalue weighted by molar-refractivity contribution is 0.0724. The molecular formula is C19H24N2O2. The Morgan fingerprint density at radius 1 is 1.17 bits per heavy atom. The number of rotatable bonds is 2. The van der Waals surface area contributed by atoms with Gasteiger partial charge in [0.05, 0.1) is 11.7 Å². The van der Waals surface area contributed by atoms with Crippen LogP contribution in [0.1, 0.15) is 36.0 Å². The van der Waals surface area contributed by atoms with Gasteiger partial charge in [-0.25, -0.2) is 0 Å². The van der Waals surface area contributed by atoms with Gasteiger partial charge in [-0.1, -0.05) is 18.2 Å². The molecule has 0 radical (unpaired) electrons. The van der Waals surface area contributed by atoms with E-state index in [1.54, 1.807) is 0 Å². The number of hydrogen-bond acceptors (Lipinski definition) is 2. The van der Waals surface area contributed by atoms with E-state index in [9.17, 15) is 9.90 Å². The molecule has 0 aliphatic heterocycles. The fraction of sp³-hybridized carbons (Fsp3) is 0.526. The molecule has 1 heterocycles. The normalized spacial score (nSPS) is 29.9. The first-order valence-electron chi connectivity index (χ1n) is 8.54. The summed E-state index contributed by atoms with van der Waals surface area (Å²) in [6.45, 7) is 0. The molecule has 4 heteroatoms. The molecule has 1 aromatic heterocycles. The molecule has 0 saturated heterocycles. The van der Waals surface area contributed by atoms with Crippen LogP contribution in [0.3, 0.4) is 0 Å². The van der Waals surface area contributed by atoms with Gasteiger partial charge in [-0.15, -0.1) is 0 Å². The van der Waals surface area contributed by atoms with Crippen LogP contribution >= 0.6 is 0 Å². The number of carbonyl (C=O) groups is 1. The quantitative estimate of drug-likeness (QED) is 0.927. The fourth-order valence-electron chi connectivity index (χ4n) is 4.74. The average Bonchev–Trinajstić information content (AvgIpc) is 3.17. The maximum atomic E-state index is 13.0. The van der Waals surface area contributed by atoms with Gasteiger partial charge in [0.15, 0.2) is 0 Å². The molecule has 1 aromatic carbocycles. The predicted octanol–water partition coefficient (Wildman–Crippen LogP) is 2.80. The van der Waals surface area contributed by atoms with Crippen molar-refractivity contribution in [2.75, 3.05) is 7.05 Å². The minimum absolute atomic E-state index is 0.118. The predicted molar refractivity (Wildman–Crippen MR) is 90.3 cm³/mol. The lowest BCUT2D eigenvalue weighted by atomic mass is 10.0. The van der Waals surface area contributed by atoms with Gasteiger partial charge in [-0.05, 0) is 43.6 Å². The number of benzene rings is 1. The zero-order chi connectivity index (χ0) is 16.1. The van der Waals surface area contributed by atoms with Crippen LogP contribution in [0.15, 0.2) is 30.5 Å². The van der Waals surface area contributed by atoms with Gasteiger partial charge in [0.25, 0.3) is 5.91 Å². The molecule has 4 rings (SSSR count). The zero-order valence-corrected chi connectivity index (χ0v) is 13.8. The molecule has 2 aromatic rings. The molecule has 0 spiro atoms. The molecule has 0 bridgehead atoms. The van der Waals surface area contributed by atoms with E-state index in [0.717, 1.165) is 42.1 Å². The minimum Gasteiger partial charge on any atom is -0.393 e. The number of aliphatic hydroxyl groups excluding tert-OH is 1. The molecule has 2 aliphatic carbocycles. The summed E-state index contributed by atoms with van der Waals surface area (Å²) in [5.74, 6) is 1.31. The maximum Gasteiger partial charge on any atom is 0.256 e. The van der Waals surface area contributed by atoms with E-state index in [0.29, 0.717) is 17.9 Å². The maximum absolute atomic E-state index is 13.0. The third-order valence-electron chi connectivity index (χ3n) is 5.96. The van der Waals surface area contributed by atoms with Crippen LogP contribution in [-0.2, 0) is 7.05 Å². The number of fused-ring (bicyclic) bond motifs is 2. The molecule has 23 heavy (non-hydrogen) atoms. The van der Waals surface area contributed by atoms with Crippen molar-refractivity contribution in [3.05, 3.63) is 36.0 Å². The van der Waals surface area contributed by atoms with Crippen molar-refractivity contribution in [3.8, 4) is 0 Å². The molecule has 122 valence electrons. The zero-order valence-electron chi connectivity index (χ0n) is 13.8. The van der Waals surface area contributed by atoms with Crippen LogP contribution in [0.25, 0.3) is 10.9 Å². The molecule has 2 unspecified atom stereocenters. The molecular weight excluding hydrogens is 288 g/mol. The van der Waals surface area contributed by atoms with Crippen LogP contribution in [0.2, 0.25) is 0 Å².